The zero-order valence-electron chi connectivity index (χ0n) is 11.6. The van der Waals surface area contributed by atoms with Crippen molar-refractivity contribution in [3.63, 3.8) is 0 Å². The minimum atomic E-state index is -0.554. The van der Waals surface area contributed by atoms with Gasteiger partial charge in [-0.25, -0.2) is 0 Å². The van der Waals surface area contributed by atoms with Crippen LogP contribution in [0.25, 0.3) is 11.4 Å². The molecule has 0 spiro atoms. The number of benzene rings is 1. The third-order valence-electron chi connectivity index (χ3n) is 2.92. The molecule has 2 aromatic rings. The third-order valence-corrected chi connectivity index (χ3v) is 2.92. The maximum atomic E-state index is 11.8. The normalized spacial score (nSPS) is 12.2. The van der Waals surface area contributed by atoms with Crippen molar-refractivity contribution in [2.24, 2.45) is 0 Å². The van der Waals surface area contributed by atoms with Crippen LogP contribution in [-0.4, -0.2) is 38.4 Å². The average molecular weight is 274 g/mol. The number of aliphatic hydroxyl groups excluding tert-OH is 1. The van der Waals surface area contributed by atoms with E-state index in [2.05, 4.69) is 15.5 Å². The number of aliphatic hydroxyl groups is 1. The van der Waals surface area contributed by atoms with Crippen LogP contribution in [0.15, 0.2) is 30.6 Å². The molecule has 0 fully saturated rings. The average Bonchev–Trinajstić information content (AvgIpc) is 2.93. The van der Waals surface area contributed by atoms with E-state index in [4.69, 9.17) is 5.11 Å². The van der Waals surface area contributed by atoms with Crippen molar-refractivity contribution in [1.82, 2.24) is 20.1 Å². The Morgan fingerprint density at radius 1 is 1.40 bits per heavy atom. The molecular formula is C14H18N4O2. The molecule has 106 valence electrons. The number of aryl methyl sites for hydroxylation is 1. The van der Waals surface area contributed by atoms with Crippen molar-refractivity contribution in [2.45, 2.75) is 26.5 Å². The predicted octanol–water partition coefficient (Wildman–Crippen LogP) is 1.08. The fourth-order valence-electron chi connectivity index (χ4n) is 1.82. The van der Waals surface area contributed by atoms with E-state index in [-0.39, 0.29) is 12.5 Å². The summed E-state index contributed by atoms with van der Waals surface area (Å²) >= 11 is 0. The van der Waals surface area contributed by atoms with Crippen LogP contribution in [-0.2, 0) is 6.54 Å². The lowest BCUT2D eigenvalue weighted by Gasteiger charge is -2.08. The van der Waals surface area contributed by atoms with Gasteiger partial charge in [0.15, 0.2) is 5.82 Å². The first kappa shape index (κ1) is 14.2. The highest BCUT2D eigenvalue weighted by Crippen LogP contribution is 2.17. The van der Waals surface area contributed by atoms with Gasteiger partial charge in [-0.2, -0.15) is 0 Å². The van der Waals surface area contributed by atoms with Gasteiger partial charge in [-0.05, 0) is 26.0 Å². The zero-order valence-corrected chi connectivity index (χ0v) is 11.6. The Hall–Kier alpha value is -2.21. The Kier molecular flexibility index (Phi) is 4.47. The molecule has 1 aromatic heterocycles. The van der Waals surface area contributed by atoms with Gasteiger partial charge in [-0.15, -0.1) is 10.2 Å². The molecule has 1 atom stereocenters. The van der Waals surface area contributed by atoms with Crippen molar-refractivity contribution in [2.75, 3.05) is 6.54 Å². The summed E-state index contributed by atoms with van der Waals surface area (Å²) in [5, 5.41) is 19.7. The third kappa shape index (κ3) is 3.21. The molecule has 1 unspecified atom stereocenters. The van der Waals surface area contributed by atoms with Crippen LogP contribution in [0.5, 0.6) is 0 Å². The molecule has 6 nitrogen and oxygen atoms in total. The molecule has 0 radical (unpaired) electrons. The van der Waals surface area contributed by atoms with Crippen molar-refractivity contribution in [1.29, 1.82) is 0 Å². The molecule has 20 heavy (non-hydrogen) atoms. The summed E-state index contributed by atoms with van der Waals surface area (Å²) in [7, 11) is 0. The van der Waals surface area contributed by atoms with Crippen LogP contribution in [0.2, 0.25) is 0 Å². The fraction of sp³-hybridized carbons (Fsp3) is 0.357. The number of hydrogen-bond acceptors (Lipinski definition) is 4. The Morgan fingerprint density at radius 3 is 2.70 bits per heavy atom. The number of carbonyl (C=O) groups excluding carboxylic acids is 1. The summed E-state index contributed by atoms with van der Waals surface area (Å²) in [6, 6.07) is 7.16. The van der Waals surface area contributed by atoms with Crippen molar-refractivity contribution in [3.8, 4) is 11.4 Å². The quantitative estimate of drug-likeness (QED) is 0.855. The number of hydrogen-bond donors (Lipinski definition) is 2. The fourth-order valence-corrected chi connectivity index (χ4v) is 1.82. The lowest BCUT2D eigenvalue weighted by molar-refractivity contribution is 0.0924. The first-order valence-corrected chi connectivity index (χ1v) is 6.56. The Balaban J connectivity index is 2.12. The van der Waals surface area contributed by atoms with Gasteiger partial charge in [0.25, 0.3) is 5.91 Å². The topological polar surface area (TPSA) is 80.0 Å². The van der Waals surface area contributed by atoms with Crippen LogP contribution in [0.4, 0.5) is 0 Å². The van der Waals surface area contributed by atoms with Crippen LogP contribution < -0.4 is 5.32 Å². The molecule has 1 heterocycles. The summed E-state index contributed by atoms with van der Waals surface area (Å²) in [6.45, 7) is 4.68. The highest BCUT2D eigenvalue weighted by molar-refractivity contribution is 5.94. The molecule has 1 aromatic carbocycles. The van der Waals surface area contributed by atoms with E-state index >= 15 is 0 Å². The van der Waals surface area contributed by atoms with Gasteiger partial charge in [-0.1, -0.05) is 12.1 Å². The van der Waals surface area contributed by atoms with Gasteiger partial charge >= 0.3 is 0 Å². The first-order valence-electron chi connectivity index (χ1n) is 6.56. The van der Waals surface area contributed by atoms with Crippen molar-refractivity contribution < 1.29 is 9.90 Å². The molecule has 1 amide bonds. The maximum Gasteiger partial charge on any atom is 0.251 e. The maximum absolute atomic E-state index is 11.8. The summed E-state index contributed by atoms with van der Waals surface area (Å²) in [6.07, 6.45) is 1.12. The smallest absolute Gasteiger partial charge is 0.251 e. The first-order chi connectivity index (χ1) is 9.61. The van der Waals surface area contributed by atoms with Gasteiger partial charge in [0.2, 0.25) is 0 Å². The van der Waals surface area contributed by atoms with E-state index in [9.17, 15) is 4.79 Å². The van der Waals surface area contributed by atoms with Crippen molar-refractivity contribution >= 4 is 5.91 Å². The molecule has 6 heteroatoms. The standard InChI is InChI=1S/C14H18N4O2/c1-3-18-9-16-17-13(18)11-4-6-12(7-5-11)14(20)15-8-10(2)19/h4-7,9-10,19H,3,8H2,1-2H3,(H,15,20). The zero-order chi connectivity index (χ0) is 14.5. The molecule has 2 N–H and O–H groups in total. The van der Waals surface area contributed by atoms with Crippen LogP contribution >= 0.6 is 0 Å². The number of amides is 1. The van der Waals surface area contributed by atoms with Crippen LogP contribution in [0, 0.1) is 0 Å². The predicted molar refractivity (Wildman–Crippen MR) is 75.1 cm³/mol. The molecule has 0 aliphatic rings. The number of rotatable bonds is 5. The molecule has 0 bridgehead atoms. The largest absolute Gasteiger partial charge is 0.392 e. The molecule has 0 aliphatic heterocycles. The summed E-state index contributed by atoms with van der Waals surface area (Å²) in [5.41, 5.74) is 1.47. The van der Waals surface area contributed by atoms with E-state index in [1.165, 1.54) is 0 Å². The minimum absolute atomic E-state index is 0.200. The number of nitrogens with zero attached hydrogens (tertiary/aromatic N) is 3. The summed E-state index contributed by atoms with van der Waals surface area (Å²) in [5.74, 6) is 0.581. The highest BCUT2D eigenvalue weighted by atomic mass is 16.3. The van der Waals surface area contributed by atoms with Gasteiger partial charge in [0.05, 0.1) is 6.10 Å². The molecule has 2 rings (SSSR count). The Labute approximate surface area is 117 Å². The molecule has 0 aliphatic carbocycles. The van der Waals surface area contributed by atoms with Gasteiger partial charge in [0, 0.05) is 24.2 Å². The lowest BCUT2D eigenvalue weighted by Crippen LogP contribution is -2.30. The number of aromatic nitrogens is 3. The van der Waals surface area contributed by atoms with E-state index in [0.717, 1.165) is 17.9 Å². The van der Waals surface area contributed by atoms with E-state index in [1.54, 1.807) is 25.4 Å². The second-order valence-corrected chi connectivity index (χ2v) is 4.58. The highest BCUT2D eigenvalue weighted by Gasteiger charge is 2.09. The van der Waals surface area contributed by atoms with E-state index in [1.807, 2.05) is 23.6 Å². The molecule has 0 saturated carbocycles. The van der Waals surface area contributed by atoms with Gasteiger partial charge < -0.3 is 15.0 Å². The van der Waals surface area contributed by atoms with Crippen molar-refractivity contribution in [3.05, 3.63) is 36.2 Å². The SMILES string of the molecule is CCn1cnnc1-c1ccc(C(=O)NCC(C)O)cc1. The lowest BCUT2D eigenvalue weighted by atomic mass is 10.1. The molecule has 0 saturated heterocycles. The Morgan fingerprint density at radius 2 is 2.10 bits per heavy atom. The number of nitrogens with one attached hydrogen (secondary N) is 1. The number of carbonyl (C=O) groups is 1. The molecular weight excluding hydrogens is 256 g/mol. The monoisotopic (exact) mass is 274 g/mol. The Bertz CT molecular complexity index is 575. The van der Waals surface area contributed by atoms with Gasteiger partial charge in [0.1, 0.15) is 6.33 Å². The second kappa shape index (κ2) is 6.29. The summed E-state index contributed by atoms with van der Waals surface area (Å²) in [4.78, 5) is 11.8. The van der Waals surface area contributed by atoms with Crippen LogP contribution in [0.3, 0.4) is 0 Å². The van der Waals surface area contributed by atoms with Gasteiger partial charge in [-0.3, -0.25) is 4.79 Å². The minimum Gasteiger partial charge on any atom is -0.392 e. The van der Waals surface area contributed by atoms with E-state index in [0.29, 0.717) is 5.56 Å². The second-order valence-electron chi connectivity index (χ2n) is 4.58. The van der Waals surface area contributed by atoms with Crippen LogP contribution in [0.1, 0.15) is 24.2 Å². The summed E-state index contributed by atoms with van der Waals surface area (Å²) < 4.78 is 1.93. The van der Waals surface area contributed by atoms with E-state index < -0.39 is 6.10 Å².